The molecule has 0 bridgehead atoms. The van der Waals surface area contributed by atoms with Gasteiger partial charge < -0.3 is 10.1 Å². The largest absolute Gasteiger partial charge is 0.371 e. The summed E-state index contributed by atoms with van der Waals surface area (Å²) in [6.45, 7) is 1.56. The molecule has 0 unspecified atom stereocenters. The van der Waals surface area contributed by atoms with E-state index in [0.29, 0.717) is 0 Å². The first-order chi connectivity index (χ1) is 7.68. The molecule has 1 N–H and O–H groups in total. The first-order valence-electron chi connectivity index (χ1n) is 4.92. The van der Waals surface area contributed by atoms with Gasteiger partial charge in [0.05, 0.1) is 17.6 Å². The molecule has 0 spiro atoms. The Morgan fingerprint density at radius 3 is 2.88 bits per heavy atom. The third-order valence-electron chi connectivity index (χ3n) is 2.47. The Kier molecular flexibility index (Phi) is 3.12. The predicted molar refractivity (Wildman–Crippen MR) is 54.5 cm³/mol. The highest BCUT2D eigenvalue weighted by atomic mass is 19.1. The molecule has 0 aromatic heterocycles. The van der Waals surface area contributed by atoms with Crippen LogP contribution in [-0.2, 0) is 11.3 Å². The van der Waals surface area contributed by atoms with Crippen molar-refractivity contribution in [3.63, 3.8) is 0 Å². The minimum atomic E-state index is -0.806. The van der Waals surface area contributed by atoms with Crippen LogP contribution in [0.25, 0.3) is 0 Å². The van der Waals surface area contributed by atoms with Crippen LogP contribution in [0.4, 0.5) is 10.1 Å². The fourth-order valence-electron chi connectivity index (χ4n) is 1.41. The van der Waals surface area contributed by atoms with Crippen molar-refractivity contribution in [1.29, 1.82) is 0 Å². The molecule has 5 nitrogen and oxygen atoms in total. The van der Waals surface area contributed by atoms with Crippen molar-refractivity contribution < 1.29 is 14.1 Å². The molecule has 0 atom stereocenters. The first-order valence-corrected chi connectivity index (χ1v) is 4.92. The van der Waals surface area contributed by atoms with Gasteiger partial charge in [0.2, 0.25) is 5.82 Å². The molecule has 0 amide bonds. The number of hydrogen-bond donors (Lipinski definition) is 1. The number of hydrogen-bond acceptors (Lipinski definition) is 4. The van der Waals surface area contributed by atoms with Crippen molar-refractivity contribution in [2.45, 2.75) is 12.7 Å². The number of nitro groups is 1. The number of benzene rings is 1. The maximum Gasteiger partial charge on any atom is 0.305 e. The lowest BCUT2D eigenvalue weighted by Crippen LogP contribution is -2.48. The van der Waals surface area contributed by atoms with Crippen LogP contribution in [0, 0.1) is 15.9 Å². The van der Waals surface area contributed by atoms with Gasteiger partial charge in [0.15, 0.2) is 0 Å². The Morgan fingerprint density at radius 1 is 1.56 bits per heavy atom. The zero-order valence-electron chi connectivity index (χ0n) is 8.48. The first kappa shape index (κ1) is 11.0. The molecule has 16 heavy (non-hydrogen) atoms. The van der Waals surface area contributed by atoms with Crippen LogP contribution >= 0.6 is 0 Å². The lowest BCUT2D eigenvalue weighted by Gasteiger charge is -2.27. The van der Waals surface area contributed by atoms with E-state index in [0.717, 1.165) is 19.2 Å². The average Bonchev–Trinajstić information content (AvgIpc) is 2.17. The van der Waals surface area contributed by atoms with E-state index in [1.807, 2.05) is 0 Å². The van der Waals surface area contributed by atoms with E-state index in [-0.39, 0.29) is 18.3 Å². The highest BCUT2D eigenvalue weighted by molar-refractivity contribution is 5.36. The van der Waals surface area contributed by atoms with Crippen LogP contribution < -0.4 is 5.32 Å². The molecular formula is C10H11FN2O3. The molecule has 0 saturated carbocycles. The normalized spacial score (nSPS) is 15.8. The molecule has 86 valence electrons. The lowest BCUT2D eigenvalue weighted by molar-refractivity contribution is -0.387. The van der Waals surface area contributed by atoms with E-state index in [2.05, 4.69) is 5.32 Å². The van der Waals surface area contributed by atoms with Crippen molar-refractivity contribution in [1.82, 2.24) is 5.32 Å². The lowest BCUT2D eigenvalue weighted by atomic mass is 10.2. The van der Waals surface area contributed by atoms with Crippen LogP contribution in [0.3, 0.4) is 0 Å². The van der Waals surface area contributed by atoms with E-state index >= 15 is 0 Å². The van der Waals surface area contributed by atoms with E-state index < -0.39 is 16.4 Å². The number of nitrogens with zero attached hydrogens (tertiary/aromatic N) is 1. The summed E-state index contributed by atoms with van der Waals surface area (Å²) in [5.41, 5.74) is -0.283. The third-order valence-corrected chi connectivity index (χ3v) is 2.47. The van der Waals surface area contributed by atoms with Gasteiger partial charge in [-0.2, -0.15) is 4.39 Å². The van der Waals surface area contributed by atoms with Gasteiger partial charge in [-0.3, -0.25) is 10.1 Å². The summed E-state index contributed by atoms with van der Waals surface area (Å²) in [5, 5.41) is 13.5. The molecule has 2 rings (SSSR count). The van der Waals surface area contributed by atoms with Crippen molar-refractivity contribution in [2.24, 2.45) is 0 Å². The quantitative estimate of drug-likeness (QED) is 0.619. The second kappa shape index (κ2) is 4.54. The molecule has 0 radical (unpaired) electrons. The maximum atomic E-state index is 13.6. The van der Waals surface area contributed by atoms with Gasteiger partial charge in [-0.1, -0.05) is 12.1 Å². The summed E-state index contributed by atoms with van der Waals surface area (Å²) >= 11 is 0. The van der Waals surface area contributed by atoms with Crippen molar-refractivity contribution in [2.75, 3.05) is 13.1 Å². The van der Waals surface area contributed by atoms with Crippen LogP contribution in [-0.4, -0.2) is 24.1 Å². The number of nitrogens with one attached hydrogen (secondary N) is 1. The van der Waals surface area contributed by atoms with Crippen LogP contribution in [0.1, 0.15) is 5.56 Å². The summed E-state index contributed by atoms with van der Waals surface area (Å²) < 4.78 is 18.9. The van der Waals surface area contributed by atoms with E-state index in [1.54, 1.807) is 0 Å². The zero-order chi connectivity index (χ0) is 11.5. The van der Waals surface area contributed by atoms with E-state index in [4.69, 9.17) is 4.74 Å². The van der Waals surface area contributed by atoms with Crippen LogP contribution in [0.2, 0.25) is 0 Å². The maximum absolute atomic E-state index is 13.6. The molecular weight excluding hydrogens is 215 g/mol. The molecule has 1 aliphatic rings. The SMILES string of the molecule is O=[N+]([O-])c1cccc(COC2CNC2)c1F. The zero-order valence-corrected chi connectivity index (χ0v) is 8.48. The fraction of sp³-hybridized carbons (Fsp3) is 0.400. The molecule has 1 heterocycles. The van der Waals surface area contributed by atoms with Gasteiger partial charge in [0.25, 0.3) is 0 Å². The molecule has 0 aliphatic carbocycles. The Morgan fingerprint density at radius 2 is 2.31 bits per heavy atom. The third kappa shape index (κ3) is 2.17. The monoisotopic (exact) mass is 226 g/mol. The van der Waals surface area contributed by atoms with E-state index in [1.165, 1.54) is 12.1 Å². The second-order valence-corrected chi connectivity index (χ2v) is 3.60. The highest BCUT2D eigenvalue weighted by Crippen LogP contribution is 2.21. The Balaban J connectivity index is 2.07. The van der Waals surface area contributed by atoms with Crippen molar-refractivity contribution >= 4 is 5.69 Å². The number of ether oxygens (including phenoxy) is 1. The molecule has 6 heteroatoms. The number of rotatable bonds is 4. The molecule has 1 aromatic rings. The average molecular weight is 226 g/mol. The van der Waals surface area contributed by atoms with Gasteiger partial charge in [-0.25, -0.2) is 0 Å². The predicted octanol–water partition coefficient (Wildman–Crippen LogP) is 1.22. The topological polar surface area (TPSA) is 64.4 Å². The number of halogens is 1. The van der Waals surface area contributed by atoms with Crippen molar-refractivity contribution in [3.05, 3.63) is 39.7 Å². The number of nitro benzene ring substituents is 1. The van der Waals surface area contributed by atoms with Crippen molar-refractivity contribution in [3.8, 4) is 0 Å². The standard InChI is InChI=1S/C10H11FN2O3/c11-10-7(6-16-8-4-12-5-8)2-1-3-9(10)13(14)15/h1-3,8,12H,4-6H2. The summed E-state index contributed by atoms with van der Waals surface area (Å²) in [7, 11) is 0. The van der Waals surface area contributed by atoms with Crippen LogP contribution in [0.15, 0.2) is 18.2 Å². The minimum Gasteiger partial charge on any atom is -0.371 e. The Bertz CT molecular complexity index is 407. The van der Waals surface area contributed by atoms with Crippen LogP contribution in [0.5, 0.6) is 0 Å². The molecule has 1 saturated heterocycles. The smallest absolute Gasteiger partial charge is 0.305 e. The molecule has 1 fully saturated rings. The molecule has 1 aliphatic heterocycles. The van der Waals surface area contributed by atoms with Gasteiger partial charge >= 0.3 is 5.69 Å². The highest BCUT2D eigenvalue weighted by Gasteiger charge is 2.20. The molecule has 1 aromatic carbocycles. The van der Waals surface area contributed by atoms with Gasteiger partial charge in [0.1, 0.15) is 0 Å². The van der Waals surface area contributed by atoms with Gasteiger partial charge in [0, 0.05) is 24.7 Å². The summed E-state index contributed by atoms with van der Waals surface area (Å²) in [6.07, 6.45) is 0.0821. The minimum absolute atomic E-state index is 0.0693. The Hall–Kier alpha value is -1.53. The summed E-state index contributed by atoms with van der Waals surface area (Å²) in [4.78, 5) is 9.76. The van der Waals surface area contributed by atoms with E-state index in [9.17, 15) is 14.5 Å². The summed E-state index contributed by atoms with van der Waals surface area (Å²) in [6, 6.07) is 4.09. The van der Waals surface area contributed by atoms with Gasteiger partial charge in [-0.05, 0) is 0 Å². The second-order valence-electron chi connectivity index (χ2n) is 3.60. The van der Waals surface area contributed by atoms with Gasteiger partial charge in [-0.15, -0.1) is 0 Å². The Labute approximate surface area is 91.4 Å². The summed E-state index contributed by atoms with van der Waals surface area (Å²) in [5.74, 6) is -0.806. The fourth-order valence-corrected chi connectivity index (χ4v) is 1.41.